The van der Waals surface area contributed by atoms with Crippen LogP contribution >= 0.6 is 0 Å². The summed E-state index contributed by atoms with van der Waals surface area (Å²) in [5.41, 5.74) is 0.517. The van der Waals surface area contributed by atoms with E-state index in [4.69, 9.17) is 4.74 Å². The average molecular weight is 260 g/mol. The number of carbonyl (C=O) groups is 1. The van der Waals surface area contributed by atoms with Crippen molar-refractivity contribution in [2.75, 3.05) is 7.11 Å². The molecule has 0 N–H and O–H groups in total. The standard InChI is InChI=1S/C13H16N4O2/c1-3-6-17-13(15-9-16-17)7-11(18)10-4-5-14-8-12(10)19-2/h4-5,8-9H,3,6-7H2,1-2H3. The topological polar surface area (TPSA) is 69.9 Å². The molecule has 0 atom stereocenters. The molecule has 2 heterocycles. The van der Waals surface area contributed by atoms with E-state index in [0.717, 1.165) is 13.0 Å². The van der Waals surface area contributed by atoms with Crippen LogP contribution < -0.4 is 4.74 Å². The van der Waals surface area contributed by atoms with E-state index in [-0.39, 0.29) is 12.2 Å². The first-order chi connectivity index (χ1) is 9.26. The smallest absolute Gasteiger partial charge is 0.174 e. The van der Waals surface area contributed by atoms with Gasteiger partial charge in [-0.2, -0.15) is 5.10 Å². The van der Waals surface area contributed by atoms with Crippen molar-refractivity contribution in [1.29, 1.82) is 0 Å². The highest BCUT2D eigenvalue weighted by Crippen LogP contribution is 2.17. The average Bonchev–Trinajstić information content (AvgIpc) is 2.86. The summed E-state index contributed by atoms with van der Waals surface area (Å²) in [4.78, 5) is 20.3. The van der Waals surface area contributed by atoms with Gasteiger partial charge in [0.25, 0.3) is 0 Å². The minimum Gasteiger partial charge on any atom is -0.494 e. The van der Waals surface area contributed by atoms with E-state index in [1.807, 2.05) is 0 Å². The fourth-order valence-electron chi connectivity index (χ4n) is 1.84. The molecular formula is C13H16N4O2. The molecule has 0 saturated carbocycles. The second-order valence-electron chi connectivity index (χ2n) is 4.08. The minimum absolute atomic E-state index is 0.0513. The van der Waals surface area contributed by atoms with Crippen LogP contribution in [0.5, 0.6) is 5.75 Å². The van der Waals surface area contributed by atoms with Gasteiger partial charge in [-0.05, 0) is 12.5 Å². The van der Waals surface area contributed by atoms with Crippen LogP contribution in [0.15, 0.2) is 24.8 Å². The summed E-state index contributed by atoms with van der Waals surface area (Å²) in [6.07, 6.45) is 5.74. The van der Waals surface area contributed by atoms with Gasteiger partial charge in [0.15, 0.2) is 5.78 Å². The fourth-order valence-corrected chi connectivity index (χ4v) is 1.84. The van der Waals surface area contributed by atoms with Crippen molar-refractivity contribution in [3.63, 3.8) is 0 Å². The molecule has 0 radical (unpaired) electrons. The maximum atomic E-state index is 12.3. The van der Waals surface area contributed by atoms with Crippen molar-refractivity contribution in [2.24, 2.45) is 0 Å². The van der Waals surface area contributed by atoms with Crippen molar-refractivity contribution < 1.29 is 9.53 Å². The summed E-state index contributed by atoms with van der Waals surface area (Å²) in [6, 6.07) is 1.65. The SMILES string of the molecule is CCCn1ncnc1CC(=O)c1ccncc1OC. The molecule has 19 heavy (non-hydrogen) atoms. The molecule has 0 aromatic carbocycles. The maximum absolute atomic E-state index is 12.3. The Morgan fingerprint density at radius 1 is 1.47 bits per heavy atom. The van der Waals surface area contributed by atoms with Crippen LogP contribution in [0, 0.1) is 0 Å². The van der Waals surface area contributed by atoms with Crippen LogP contribution in [0.1, 0.15) is 29.5 Å². The Balaban J connectivity index is 2.18. The van der Waals surface area contributed by atoms with Crippen LogP contribution in [0.3, 0.4) is 0 Å². The van der Waals surface area contributed by atoms with Gasteiger partial charge < -0.3 is 4.74 Å². The lowest BCUT2D eigenvalue weighted by Gasteiger charge is -2.07. The molecule has 0 amide bonds. The number of pyridine rings is 1. The van der Waals surface area contributed by atoms with E-state index < -0.39 is 0 Å². The molecule has 0 unspecified atom stereocenters. The van der Waals surface area contributed by atoms with Gasteiger partial charge >= 0.3 is 0 Å². The number of aromatic nitrogens is 4. The highest BCUT2D eigenvalue weighted by molar-refractivity contribution is 5.99. The van der Waals surface area contributed by atoms with Gasteiger partial charge in [0, 0.05) is 12.7 Å². The lowest BCUT2D eigenvalue weighted by Crippen LogP contribution is -2.12. The minimum atomic E-state index is -0.0513. The number of Topliss-reactive ketones (excluding diaryl/α,β-unsaturated/α-hetero) is 1. The third kappa shape index (κ3) is 2.96. The molecule has 6 nitrogen and oxygen atoms in total. The fraction of sp³-hybridized carbons (Fsp3) is 0.385. The predicted molar refractivity (Wildman–Crippen MR) is 69.1 cm³/mol. The third-order valence-corrected chi connectivity index (χ3v) is 2.75. The van der Waals surface area contributed by atoms with Crippen molar-refractivity contribution in [1.82, 2.24) is 19.7 Å². The number of nitrogens with zero attached hydrogens (tertiary/aromatic N) is 4. The van der Waals surface area contributed by atoms with E-state index in [1.165, 1.54) is 19.6 Å². The molecular weight excluding hydrogens is 244 g/mol. The zero-order valence-electron chi connectivity index (χ0n) is 11.0. The Bertz CT molecular complexity index is 565. The van der Waals surface area contributed by atoms with Crippen LogP contribution in [-0.4, -0.2) is 32.6 Å². The van der Waals surface area contributed by atoms with E-state index >= 15 is 0 Å². The van der Waals surface area contributed by atoms with E-state index in [1.54, 1.807) is 16.9 Å². The summed E-state index contributed by atoms with van der Waals surface area (Å²) in [5, 5.41) is 4.10. The zero-order chi connectivity index (χ0) is 13.7. The van der Waals surface area contributed by atoms with Crippen LogP contribution in [-0.2, 0) is 13.0 Å². The molecule has 2 aromatic rings. The molecule has 0 aliphatic rings. The molecule has 0 aliphatic carbocycles. The zero-order valence-corrected chi connectivity index (χ0v) is 11.0. The molecule has 6 heteroatoms. The summed E-state index contributed by atoms with van der Waals surface area (Å²) in [5.74, 6) is 1.10. The number of hydrogen-bond donors (Lipinski definition) is 0. The summed E-state index contributed by atoms with van der Waals surface area (Å²) in [7, 11) is 1.52. The number of hydrogen-bond acceptors (Lipinski definition) is 5. The van der Waals surface area contributed by atoms with Crippen molar-refractivity contribution in [3.8, 4) is 5.75 Å². The Morgan fingerprint density at radius 3 is 3.05 bits per heavy atom. The third-order valence-electron chi connectivity index (χ3n) is 2.75. The number of methoxy groups -OCH3 is 1. The summed E-state index contributed by atoms with van der Waals surface area (Å²) in [6.45, 7) is 2.81. The Labute approximate surface area is 111 Å². The van der Waals surface area contributed by atoms with Gasteiger partial charge in [-0.1, -0.05) is 6.92 Å². The Hall–Kier alpha value is -2.24. The second-order valence-corrected chi connectivity index (χ2v) is 4.08. The first kappa shape index (κ1) is 13.2. The van der Waals surface area contributed by atoms with Gasteiger partial charge in [0.1, 0.15) is 17.9 Å². The van der Waals surface area contributed by atoms with Crippen LogP contribution in [0.25, 0.3) is 0 Å². The molecule has 0 spiro atoms. The van der Waals surface area contributed by atoms with Gasteiger partial charge in [-0.25, -0.2) is 9.67 Å². The highest BCUT2D eigenvalue weighted by atomic mass is 16.5. The summed E-state index contributed by atoms with van der Waals surface area (Å²) < 4.78 is 6.89. The van der Waals surface area contributed by atoms with Crippen LogP contribution in [0.2, 0.25) is 0 Å². The quantitative estimate of drug-likeness (QED) is 0.736. The van der Waals surface area contributed by atoms with Crippen LogP contribution in [0.4, 0.5) is 0 Å². The number of rotatable bonds is 6. The van der Waals surface area contributed by atoms with Crippen molar-refractivity contribution >= 4 is 5.78 Å². The predicted octanol–water partition coefficient (Wildman–Crippen LogP) is 1.52. The van der Waals surface area contributed by atoms with Crippen molar-refractivity contribution in [3.05, 3.63) is 36.2 Å². The highest BCUT2D eigenvalue weighted by Gasteiger charge is 2.15. The van der Waals surface area contributed by atoms with Gasteiger partial charge in [-0.3, -0.25) is 9.78 Å². The number of aryl methyl sites for hydroxylation is 1. The molecule has 2 rings (SSSR count). The largest absolute Gasteiger partial charge is 0.494 e. The molecule has 0 saturated heterocycles. The van der Waals surface area contributed by atoms with Gasteiger partial charge in [-0.15, -0.1) is 0 Å². The molecule has 0 bridgehead atoms. The van der Waals surface area contributed by atoms with E-state index in [9.17, 15) is 4.79 Å². The lowest BCUT2D eigenvalue weighted by molar-refractivity contribution is 0.0986. The lowest BCUT2D eigenvalue weighted by atomic mass is 10.1. The second kappa shape index (κ2) is 6.08. The van der Waals surface area contributed by atoms with E-state index in [0.29, 0.717) is 17.1 Å². The first-order valence-electron chi connectivity index (χ1n) is 6.14. The Morgan fingerprint density at radius 2 is 2.32 bits per heavy atom. The summed E-state index contributed by atoms with van der Waals surface area (Å²) >= 11 is 0. The van der Waals surface area contributed by atoms with Gasteiger partial charge in [0.2, 0.25) is 0 Å². The molecule has 0 aliphatic heterocycles. The molecule has 0 fully saturated rings. The number of carbonyl (C=O) groups excluding carboxylic acids is 1. The Kier molecular flexibility index (Phi) is 4.22. The van der Waals surface area contributed by atoms with E-state index in [2.05, 4.69) is 22.0 Å². The first-order valence-corrected chi connectivity index (χ1v) is 6.14. The molecule has 100 valence electrons. The van der Waals surface area contributed by atoms with Crippen molar-refractivity contribution in [2.45, 2.75) is 26.3 Å². The monoisotopic (exact) mass is 260 g/mol. The normalized spacial score (nSPS) is 10.4. The molecule has 2 aromatic heterocycles. The maximum Gasteiger partial charge on any atom is 0.174 e. The number of ether oxygens (including phenoxy) is 1. The van der Waals surface area contributed by atoms with Gasteiger partial charge in [0.05, 0.1) is 25.3 Å². The number of ketones is 1.